The van der Waals surface area contributed by atoms with Gasteiger partial charge in [0.05, 0.1) is 11.5 Å². The maximum Gasteiger partial charge on any atom is 0.261 e. The zero-order valence-electron chi connectivity index (χ0n) is 15.4. The van der Waals surface area contributed by atoms with Crippen molar-refractivity contribution in [3.8, 4) is 5.75 Å². The SMILES string of the molecule is Cc1cc(OCC(=O)N(Cc2ccc(F)cc2)C2CCS(=O)(=O)C2)ccc1Cl. The van der Waals surface area contributed by atoms with Crippen molar-refractivity contribution in [2.75, 3.05) is 18.1 Å². The number of nitrogens with zero attached hydrogens (tertiary/aromatic N) is 1. The first-order valence-electron chi connectivity index (χ1n) is 8.87. The molecule has 150 valence electrons. The van der Waals surface area contributed by atoms with E-state index in [1.54, 1.807) is 30.3 Å². The summed E-state index contributed by atoms with van der Waals surface area (Å²) in [5, 5.41) is 0.604. The summed E-state index contributed by atoms with van der Waals surface area (Å²) in [4.78, 5) is 14.4. The smallest absolute Gasteiger partial charge is 0.261 e. The Morgan fingerprint density at radius 1 is 1.25 bits per heavy atom. The third-order valence-electron chi connectivity index (χ3n) is 4.73. The van der Waals surface area contributed by atoms with Crippen molar-refractivity contribution in [2.24, 2.45) is 0 Å². The van der Waals surface area contributed by atoms with E-state index in [1.807, 2.05) is 6.92 Å². The Morgan fingerprint density at radius 2 is 1.96 bits per heavy atom. The van der Waals surface area contributed by atoms with Crippen LogP contribution in [0.2, 0.25) is 5.02 Å². The van der Waals surface area contributed by atoms with Gasteiger partial charge in [0.15, 0.2) is 16.4 Å². The van der Waals surface area contributed by atoms with Crippen LogP contribution in [0, 0.1) is 12.7 Å². The van der Waals surface area contributed by atoms with Crippen LogP contribution in [-0.2, 0) is 21.2 Å². The summed E-state index contributed by atoms with van der Waals surface area (Å²) < 4.78 is 42.5. The predicted octanol–water partition coefficient (Wildman–Crippen LogP) is 3.38. The average Bonchev–Trinajstić information content (AvgIpc) is 3.01. The van der Waals surface area contributed by atoms with Crippen molar-refractivity contribution >= 4 is 27.3 Å². The van der Waals surface area contributed by atoms with E-state index in [4.69, 9.17) is 16.3 Å². The molecule has 1 saturated heterocycles. The molecule has 0 aliphatic carbocycles. The molecule has 0 saturated carbocycles. The van der Waals surface area contributed by atoms with Crippen molar-refractivity contribution in [2.45, 2.75) is 25.9 Å². The number of ether oxygens (including phenoxy) is 1. The van der Waals surface area contributed by atoms with E-state index in [0.29, 0.717) is 17.2 Å². The second kappa shape index (κ2) is 8.49. The monoisotopic (exact) mass is 425 g/mol. The summed E-state index contributed by atoms with van der Waals surface area (Å²) in [6.07, 6.45) is 0.384. The molecule has 3 rings (SSSR count). The van der Waals surface area contributed by atoms with Crippen LogP contribution in [0.15, 0.2) is 42.5 Å². The third kappa shape index (κ3) is 5.23. The molecule has 5 nitrogen and oxygen atoms in total. The Balaban J connectivity index is 1.73. The molecule has 1 atom stereocenters. The number of carbonyl (C=O) groups excluding carboxylic acids is 1. The Labute approximate surface area is 169 Å². The van der Waals surface area contributed by atoms with Crippen LogP contribution in [0.4, 0.5) is 4.39 Å². The summed E-state index contributed by atoms with van der Waals surface area (Å²) in [6, 6.07) is 10.5. The van der Waals surface area contributed by atoms with Crippen LogP contribution in [0.3, 0.4) is 0 Å². The molecule has 28 heavy (non-hydrogen) atoms. The number of benzene rings is 2. The summed E-state index contributed by atoms with van der Waals surface area (Å²) in [6.45, 7) is 1.81. The number of halogens is 2. The first-order chi connectivity index (χ1) is 13.2. The van der Waals surface area contributed by atoms with Gasteiger partial charge in [0.25, 0.3) is 5.91 Å². The second-order valence-corrected chi connectivity index (χ2v) is 9.54. The van der Waals surface area contributed by atoms with E-state index in [1.165, 1.54) is 17.0 Å². The van der Waals surface area contributed by atoms with Crippen molar-refractivity contribution in [1.29, 1.82) is 0 Å². The number of amides is 1. The lowest BCUT2D eigenvalue weighted by atomic mass is 10.1. The molecule has 0 bridgehead atoms. The van der Waals surface area contributed by atoms with Gasteiger partial charge in [0.2, 0.25) is 0 Å². The molecule has 1 aliphatic heterocycles. The van der Waals surface area contributed by atoms with Gasteiger partial charge in [-0.25, -0.2) is 12.8 Å². The highest BCUT2D eigenvalue weighted by atomic mass is 35.5. The number of carbonyl (C=O) groups is 1. The van der Waals surface area contributed by atoms with Crippen LogP contribution in [0.1, 0.15) is 17.5 Å². The fraction of sp³-hybridized carbons (Fsp3) is 0.350. The van der Waals surface area contributed by atoms with Gasteiger partial charge in [-0.1, -0.05) is 23.7 Å². The number of hydrogen-bond donors (Lipinski definition) is 0. The molecule has 1 fully saturated rings. The average molecular weight is 426 g/mol. The minimum absolute atomic E-state index is 0.0576. The van der Waals surface area contributed by atoms with Gasteiger partial charge in [-0.2, -0.15) is 0 Å². The van der Waals surface area contributed by atoms with Crippen molar-refractivity contribution in [3.05, 3.63) is 64.4 Å². The fourth-order valence-corrected chi connectivity index (χ4v) is 5.01. The maximum atomic E-state index is 13.2. The quantitative estimate of drug-likeness (QED) is 0.711. The fourth-order valence-electron chi connectivity index (χ4n) is 3.16. The lowest BCUT2D eigenvalue weighted by Crippen LogP contribution is -2.43. The van der Waals surface area contributed by atoms with Crippen LogP contribution in [0.25, 0.3) is 0 Å². The van der Waals surface area contributed by atoms with Gasteiger partial charge < -0.3 is 9.64 Å². The molecule has 2 aromatic carbocycles. The minimum Gasteiger partial charge on any atom is -0.484 e. The largest absolute Gasteiger partial charge is 0.484 e. The molecule has 0 radical (unpaired) electrons. The molecule has 0 N–H and O–H groups in total. The molecule has 1 unspecified atom stereocenters. The molecular weight excluding hydrogens is 405 g/mol. The highest BCUT2D eigenvalue weighted by molar-refractivity contribution is 7.91. The minimum atomic E-state index is -3.16. The van der Waals surface area contributed by atoms with Crippen LogP contribution in [-0.4, -0.2) is 43.4 Å². The maximum absolute atomic E-state index is 13.2. The summed E-state index contributed by atoms with van der Waals surface area (Å²) in [5.74, 6) is -0.191. The Bertz CT molecular complexity index is 963. The van der Waals surface area contributed by atoms with Gasteiger partial charge >= 0.3 is 0 Å². The van der Waals surface area contributed by atoms with E-state index in [9.17, 15) is 17.6 Å². The van der Waals surface area contributed by atoms with Crippen LogP contribution >= 0.6 is 11.6 Å². The topological polar surface area (TPSA) is 63.7 Å². The molecule has 0 aromatic heterocycles. The second-order valence-electron chi connectivity index (χ2n) is 6.90. The Kier molecular flexibility index (Phi) is 6.25. The van der Waals surface area contributed by atoms with Crippen molar-refractivity contribution < 1.29 is 22.3 Å². The van der Waals surface area contributed by atoms with Gasteiger partial charge in [-0.05, 0) is 54.8 Å². The number of rotatable bonds is 6. The third-order valence-corrected chi connectivity index (χ3v) is 6.90. The molecule has 1 amide bonds. The highest BCUT2D eigenvalue weighted by Crippen LogP contribution is 2.23. The highest BCUT2D eigenvalue weighted by Gasteiger charge is 2.34. The Hall–Kier alpha value is -2.12. The summed E-state index contributed by atoms with van der Waals surface area (Å²) in [5.41, 5.74) is 1.55. The summed E-state index contributed by atoms with van der Waals surface area (Å²) in [7, 11) is -3.16. The van der Waals surface area contributed by atoms with Crippen molar-refractivity contribution in [1.82, 2.24) is 4.90 Å². The van der Waals surface area contributed by atoms with Gasteiger partial charge in [0, 0.05) is 17.6 Å². The van der Waals surface area contributed by atoms with Crippen molar-refractivity contribution in [3.63, 3.8) is 0 Å². The van der Waals surface area contributed by atoms with E-state index < -0.39 is 15.9 Å². The first kappa shape index (κ1) is 20.6. The van der Waals surface area contributed by atoms with E-state index in [0.717, 1.165) is 11.1 Å². The van der Waals surface area contributed by atoms with Crippen LogP contribution in [0.5, 0.6) is 5.75 Å². The predicted molar refractivity (Wildman–Crippen MR) is 106 cm³/mol. The molecule has 1 heterocycles. The molecule has 2 aromatic rings. The standard InChI is InChI=1S/C20H21ClFNO4S/c1-14-10-18(6-7-19(14)21)27-12-20(24)23(17-8-9-28(25,26)13-17)11-15-2-4-16(22)5-3-15/h2-7,10,17H,8-9,11-13H2,1H3. The van der Waals surface area contributed by atoms with Gasteiger partial charge in [-0.3, -0.25) is 4.79 Å². The lowest BCUT2D eigenvalue weighted by Gasteiger charge is -2.28. The van der Waals surface area contributed by atoms with E-state index in [2.05, 4.69) is 0 Å². The van der Waals surface area contributed by atoms with E-state index >= 15 is 0 Å². The molecule has 1 aliphatic rings. The van der Waals surface area contributed by atoms with Crippen LogP contribution < -0.4 is 4.74 Å². The first-order valence-corrected chi connectivity index (χ1v) is 11.1. The number of sulfone groups is 1. The molecule has 8 heteroatoms. The lowest BCUT2D eigenvalue weighted by molar-refractivity contribution is -0.136. The summed E-state index contributed by atoms with van der Waals surface area (Å²) >= 11 is 5.99. The molecule has 0 spiro atoms. The number of hydrogen-bond acceptors (Lipinski definition) is 4. The number of aryl methyl sites for hydroxylation is 1. The van der Waals surface area contributed by atoms with Gasteiger partial charge in [0.1, 0.15) is 11.6 Å². The molecular formula is C20H21ClFNO4S. The zero-order valence-corrected chi connectivity index (χ0v) is 17.0. The normalized spacial score (nSPS) is 18.0. The Morgan fingerprint density at radius 3 is 2.57 bits per heavy atom. The van der Waals surface area contributed by atoms with E-state index in [-0.39, 0.29) is 36.4 Å². The van der Waals surface area contributed by atoms with Gasteiger partial charge in [-0.15, -0.1) is 0 Å². The zero-order chi connectivity index (χ0) is 20.3.